The molecule has 2 aliphatic heterocycles. The molecule has 0 saturated heterocycles. The maximum absolute atomic E-state index is 6.52. The number of hydrogen-bond donors (Lipinski definition) is 0. The molecule has 2 aromatic heterocycles. The Labute approximate surface area is 523 Å². The van der Waals surface area contributed by atoms with Crippen molar-refractivity contribution in [3.05, 3.63) is 284 Å². The number of rotatable bonds is 8. The van der Waals surface area contributed by atoms with Crippen LogP contribution in [-0.2, 0) is 10.8 Å². The molecule has 89 heavy (non-hydrogen) atoms. The van der Waals surface area contributed by atoms with Gasteiger partial charge in [0.05, 0.1) is 5.69 Å². The number of para-hydroxylation sites is 3. The van der Waals surface area contributed by atoms with Crippen molar-refractivity contribution in [2.75, 3.05) is 19.6 Å². The summed E-state index contributed by atoms with van der Waals surface area (Å²) < 4.78 is 9.08. The van der Waals surface area contributed by atoms with Crippen molar-refractivity contribution < 1.29 is 4.42 Å². The van der Waals surface area contributed by atoms with Crippen molar-refractivity contribution in [2.45, 2.75) is 52.4 Å². The van der Waals surface area contributed by atoms with Gasteiger partial charge in [0.1, 0.15) is 11.2 Å². The summed E-state index contributed by atoms with van der Waals surface area (Å²) in [6, 6.07) is 102. The highest BCUT2D eigenvalue weighted by Gasteiger charge is 2.45. The quantitative estimate of drug-likeness (QED) is 0.112. The lowest BCUT2D eigenvalue weighted by atomic mass is 9.33. The molecule has 0 aliphatic carbocycles. The molecule has 4 heterocycles. The van der Waals surface area contributed by atoms with E-state index in [0.29, 0.717) is 0 Å². The molecule has 13 aromatic carbocycles. The van der Waals surface area contributed by atoms with Crippen LogP contribution in [0.4, 0.5) is 68.2 Å². The molecule has 7 heteroatoms. The van der Waals surface area contributed by atoms with Gasteiger partial charge < -0.3 is 24.0 Å². The summed E-state index contributed by atoms with van der Waals surface area (Å²) in [6.45, 7) is 13.7. The van der Waals surface area contributed by atoms with Crippen LogP contribution in [0.5, 0.6) is 0 Å². The topological polar surface area (TPSA) is 26.1 Å². The highest BCUT2D eigenvalue weighted by molar-refractivity contribution is 7.26. The summed E-state index contributed by atoms with van der Waals surface area (Å²) in [5.41, 5.74) is 21.1. The lowest BCUT2D eigenvalue weighted by Crippen LogP contribution is -2.61. The van der Waals surface area contributed by atoms with Crippen LogP contribution < -0.4 is 36.0 Å². The van der Waals surface area contributed by atoms with Crippen molar-refractivity contribution in [1.29, 1.82) is 0 Å². The Morgan fingerprint density at radius 2 is 0.809 bits per heavy atom. The lowest BCUT2D eigenvalue weighted by molar-refractivity contribution is 0.590. The fourth-order valence-electron chi connectivity index (χ4n) is 14.3. The highest BCUT2D eigenvalue weighted by Crippen LogP contribution is 2.51. The van der Waals surface area contributed by atoms with Crippen LogP contribution >= 0.6 is 11.3 Å². The van der Waals surface area contributed by atoms with E-state index in [2.05, 4.69) is 334 Å². The zero-order valence-electron chi connectivity index (χ0n) is 50.7. The summed E-state index contributed by atoms with van der Waals surface area (Å²) in [5, 5.41) is 9.58. The standard InChI is InChI=1S/C82H63BN4OS/c1-81(2,3)54-32-37-58(38-33-54)86-72-47-62(85(61-42-44-77-68(46-61)65-25-15-17-27-76(65)88-77)60-36-31-53-30-29-52-19-13-14-24-64(52)67(53)45-60)41-43-70(72)83-71-50-69-66-26-16-18-28-78(66)89-79(69)51-73(71)87(59-39-34-55(35-40-59)82(4,5)6)75-49-63(48-74(86)80(75)83)84(56-20-9-7-10-21-56)57-22-11-8-12-23-57/h7-51H,1-6H3. The van der Waals surface area contributed by atoms with Gasteiger partial charge in [0.25, 0.3) is 6.71 Å². The van der Waals surface area contributed by atoms with Gasteiger partial charge >= 0.3 is 0 Å². The number of anilines is 12. The fraction of sp³-hybridized carbons (Fsp3) is 0.0976. The Balaban J connectivity index is 0.986. The average Bonchev–Trinajstić information content (AvgIpc) is 1.30. The van der Waals surface area contributed by atoms with E-state index in [1.165, 1.54) is 74.9 Å². The molecule has 0 bridgehead atoms. The Hall–Kier alpha value is -10.3. The molecule has 0 N–H and O–H groups in total. The molecule has 0 fully saturated rings. The predicted octanol–water partition coefficient (Wildman–Crippen LogP) is 21.9. The molecule has 0 saturated carbocycles. The molecule has 15 aromatic rings. The van der Waals surface area contributed by atoms with Crippen molar-refractivity contribution >= 4 is 166 Å². The molecular weight excluding hydrogens is 1100 g/mol. The molecule has 5 nitrogen and oxygen atoms in total. The third-order valence-corrected chi connectivity index (χ3v) is 19.8. The van der Waals surface area contributed by atoms with Crippen LogP contribution in [0.15, 0.2) is 277 Å². The molecule has 0 unspecified atom stereocenters. The maximum atomic E-state index is 6.52. The molecule has 0 atom stereocenters. The largest absolute Gasteiger partial charge is 0.456 e. The average molecular weight is 1160 g/mol. The molecule has 0 spiro atoms. The Bertz CT molecular complexity index is 5270. The summed E-state index contributed by atoms with van der Waals surface area (Å²) in [5.74, 6) is 0. The van der Waals surface area contributed by atoms with Crippen molar-refractivity contribution in [1.82, 2.24) is 0 Å². The second kappa shape index (κ2) is 20.1. The van der Waals surface area contributed by atoms with Crippen LogP contribution in [-0.4, -0.2) is 6.71 Å². The van der Waals surface area contributed by atoms with Crippen LogP contribution in [0.25, 0.3) is 63.7 Å². The molecule has 17 rings (SSSR count). The second-order valence-electron chi connectivity index (χ2n) is 26.2. The number of fused-ring (bicyclic) bond motifs is 13. The predicted molar refractivity (Wildman–Crippen MR) is 382 cm³/mol. The van der Waals surface area contributed by atoms with E-state index in [-0.39, 0.29) is 17.5 Å². The van der Waals surface area contributed by atoms with Gasteiger partial charge in [-0.05, 0) is 187 Å². The zero-order valence-corrected chi connectivity index (χ0v) is 51.5. The molecule has 2 aliphatic rings. The van der Waals surface area contributed by atoms with Gasteiger partial charge in [0.2, 0.25) is 0 Å². The highest BCUT2D eigenvalue weighted by atomic mass is 32.1. The SMILES string of the molecule is CC(C)(C)c1ccc(N2c3cc(N(c4ccc5ccc6ccccc6c5c4)c4ccc5oc6ccccc6c5c4)ccc3B3c4cc5c(cc4N(c4ccc(C(C)(C)C)cc4)c4cc(N(c6ccccc6)c6ccccc6)cc2c43)sc2ccccc25)cc1. The molecule has 0 amide bonds. The zero-order chi connectivity index (χ0) is 59.9. The van der Waals surface area contributed by atoms with Crippen LogP contribution in [0.1, 0.15) is 52.7 Å². The molecule has 426 valence electrons. The Kier molecular flexibility index (Phi) is 12.0. The summed E-state index contributed by atoms with van der Waals surface area (Å²) in [7, 11) is 0. The van der Waals surface area contributed by atoms with E-state index in [0.717, 1.165) is 84.5 Å². The summed E-state index contributed by atoms with van der Waals surface area (Å²) >= 11 is 1.88. The first-order valence-corrected chi connectivity index (χ1v) is 31.8. The van der Waals surface area contributed by atoms with Crippen LogP contribution in [0.3, 0.4) is 0 Å². The van der Waals surface area contributed by atoms with Gasteiger partial charge in [-0.25, -0.2) is 0 Å². The van der Waals surface area contributed by atoms with E-state index in [1.54, 1.807) is 0 Å². The van der Waals surface area contributed by atoms with Crippen molar-refractivity contribution in [3.8, 4) is 0 Å². The lowest BCUT2D eigenvalue weighted by Gasteiger charge is -2.45. The van der Waals surface area contributed by atoms with Gasteiger partial charge in [0.15, 0.2) is 0 Å². The minimum atomic E-state index is -0.164. The number of hydrogen-bond acceptors (Lipinski definition) is 6. The first-order chi connectivity index (χ1) is 43.4. The number of nitrogens with zero attached hydrogens (tertiary/aromatic N) is 4. The second-order valence-corrected chi connectivity index (χ2v) is 27.2. The van der Waals surface area contributed by atoms with E-state index >= 15 is 0 Å². The van der Waals surface area contributed by atoms with Gasteiger partial charge in [-0.15, -0.1) is 11.3 Å². The third-order valence-electron chi connectivity index (χ3n) is 18.7. The van der Waals surface area contributed by atoms with Gasteiger partial charge in [-0.2, -0.15) is 0 Å². The number of furan rings is 1. The molecule has 0 radical (unpaired) electrons. The van der Waals surface area contributed by atoms with Gasteiger partial charge in [0, 0.05) is 88.1 Å². The fourth-order valence-corrected chi connectivity index (χ4v) is 15.4. The number of benzene rings is 13. The van der Waals surface area contributed by atoms with Crippen molar-refractivity contribution in [3.63, 3.8) is 0 Å². The maximum Gasteiger partial charge on any atom is 0.252 e. The van der Waals surface area contributed by atoms with E-state index in [4.69, 9.17) is 4.42 Å². The van der Waals surface area contributed by atoms with Crippen molar-refractivity contribution in [2.24, 2.45) is 0 Å². The summed E-state index contributed by atoms with van der Waals surface area (Å²) in [4.78, 5) is 10.1. The number of thiophene rings is 1. The first-order valence-electron chi connectivity index (χ1n) is 31.0. The van der Waals surface area contributed by atoms with Crippen LogP contribution in [0, 0.1) is 0 Å². The van der Waals surface area contributed by atoms with E-state index < -0.39 is 0 Å². The van der Waals surface area contributed by atoms with Gasteiger partial charge in [-0.1, -0.05) is 193 Å². The smallest absolute Gasteiger partial charge is 0.252 e. The van der Waals surface area contributed by atoms with Gasteiger partial charge in [-0.3, -0.25) is 0 Å². The third kappa shape index (κ3) is 8.65. The van der Waals surface area contributed by atoms with E-state index in [9.17, 15) is 0 Å². The summed E-state index contributed by atoms with van der Waals surface area (Å²) in [6.07, 6.45) is 0. The minimum absolute atomic E-state index is 0.0259. The monoisotopic (exact) mass is 1160 g/mol. The Morgan fingerprint density at radius 3 is 1.46 bits per heavy atom. The van der Waals surface area contributed by atoms with Crippen LogP contribution in [0.2, 0.25) is 0 Å². The van der Waals surface area contributed by atoms with E-state index in [1.807, 2.05) is 11.3 Å². The molecular formula is C82H63BN4OS. The Morgan fingerprint density at radius 1 is 0.326 bits per heavy atom. The normalized spacial score (nSPS) is 13.0. The minimum Gasteiger partial charge on any atom is -0.456 e. The first kappa shape index (κ1) is 52.9.